The molecule has 2 rings (SSSR count). The van der Waals surface area contributed by atoms with E-state index in [-0.39, 0.29) is 0 Å². The minimum absolute atomic E-state index is 0.711. The summed E-state index contributed by atoms with van der Waals surface area (Å²) in [5, 5.41) is 3.57. The van der Waals surface area contributed by atoms with Crippen molar-refractivity contribution in [3.8, 4) is 0 Å². The van der Waals surface area contributed by atoms with Gasteiger partial charge in [0.1, 0.15) is 0 Å². The Morgan fingerprint density at radius 1 is 1.27 bits per heavy atom. The van der Waals surface area contributed by atoms with Crippen molar-refractivity contribution in [2.75, 3.05) is 24.3 Å². The van der Waals surface area contributed by atoms with Crippen molar-refractivity contribution in [1.29, 1.82) is 0 Å². The van der Waals surface area contributed by atoms with Gasteiger partial charge in [-0.3, -0.25) is 0 Å². The number of aryl methyl sites for hydroxylation is 1. The van der Waals surface area contributed by atoms with Gasteiger partial charge in [0.15, 0.2) is 0 Å². The summed E-state index contributed by atoms with van der Waals surface area (Å²) in [6.07, 6.45) is 4.03. The Morgan fingerprint density at radius 3 is 2.53 bits per heavy atom. The summed E-state index contributed by atoms with van der Waals surface area (Å²) in [7, 11) is 4.19. The third kappa shape index (κ3) is 2.25. The summed E-state index contributed by atoms with van der Waals surface area (Å²) >= 11 is 0. The number of hydrogen-bond donors (Lipinski definition) is 1. The monoisotopic (exact) mass is 204 g/mol. The highest BCUT2D eigenvalue weighted by atomic mass is 15.1. The molecule has 1 aromatic carbocycles. The van der Waals surface area contributed by atoms with Crippen LogP contribution < -0.4 is 10.2 Å². The molecular formula is C13H20N2. The molecule has 0 bridgehead atoms. The quantitative estimate of drug-likeness (QED) is 0.814. The predicted octanol–water partition coefficient (Wildman–Crippen LogP) is 3.03. The second-order valence-electron chi connectivity index (χ2n) is 4.67. The number of nitrogens with zero attached hydrogens (tertiary/aromatic N) is 1. The van der Waals surface area contributed by atoms with Crippen LogP contribution in [0.25, 0.3) is 0 Å². The van der Waals surface area contributed by atoms with Crippen molar-refractivity contribution < 1.29 is 0 Å². The molecule has 0 amide bonds. The van der Waals surface area contributed by atoms with Gasteiger partial charge in [0.25, 0.3) is 0 Å². The van der Waals surface area contributed by atoms with Crippen molar-refractivity contribution in [3.63, 3.8) is 0 Å². The molecular weight excluding hydrogens is 184 g/mol. The molecule has 0 saturated heterocycles. The van der Waals surface area contributed by atoms with Crippen molar-refractivity contribution in [3.05, 3.63) is 23.8 Å². The summed E-state index contributed by atoms with van der Waals surface area (Å²) in [4.78, 5) is 2.17. The van der Waals surface area contributed by atoms with E-state index in [1.807, 2.05) is 0 Å². The van der Waals surface area contributed by atoms with Gasteiger partial charge in [0, 0.05) is 31.5 Å². The molecule has 0 atom stereocenters. The highest BCUT2D eigenvalue weighted by molar-refractivity contribution is 5.62. The maximum Gasteiger partial charge on any atom is 0.0411 e. The lowest BCUT2D eigenvalue weighted by atomic mass is 9.93. The average molecular weight is 204 g/mol. The third-order valence-electron chi connectivity index (χ3n) is 3.17. The Bertz CT molecular complexity index is 340. The van der Waals surface area contributed by atoms with E-state index in [0.29, 0.717) is 6.04 Å². The zero-order valence-electron chi connectivity index (χ0n) is 9.88. The van der Waals surface area contributed by atoms with Crippen LogP contribution in [-0.4, -0.2) is 20.1 Å². The molecule has 0 aliphatic heterocycles. The number of rotatable bonds is 3. The lowest BCUT2D eigenvalue weighted by Gasteiger charge is -2.28. The Morgan fingerprint density at radius 2 is 2.00 bits per heavy atom. The van der Waals surface area contributed by atoms with Gasteiger partial charge < -0.3 is 10.2 Å². The Labute approximate surface area is 92.3 Å². The van der Waals surface area contributed by atoms with E-state index in [9.17, 15) is 0 Å². The number of anilines is 2. The van der Waals surface area contributed by atoms with Crippen LogP contribution in [0.3, 0.4) is 0 Å². The average Bonchev–Trinajstić information content (AvgIpc) is 2.13. The van der Waals surface area contributed by atoms with Crippen molar-refractivity contribution >= 4 is 11.4 Å². The maximum atomic E-state index is 3.57. The maximum absolute atomic E-state index is 3.57. The Balaban J connectivity index is 2.14. The second-order valence-corrected chi connectivity index (χ2v) is 4.67. The largest absolute Gasteiger partial charge is 0.382 e. The molecule has 15 heavy (non-hydrogen) atoms. The smallest absolute Gasteiger partial charge is 0.0411 e. The Hall–Kier alpha value is -1.18. The van der Waals surface area contributed by atoms with Crippen molar-refractivity contribution in [2.45, 2.75) is 32.2 Å². The number of hydrogen-bond acceptors (Lipinski definition) is 2. The first-order valence-corrected chi connectivity index (χ1v) is 5.71. The minimum atomic E-state index is 0.711. The lowest BCUT2D eigenvalue weighted by molar-refractivity contribution is 0.445. The fourth-order valence-electron chi connectivity index (χ4n) is 1.97. The van der Waals surface area contributed by atoms with Crippen LogP contribution in [0.5, 0.6) is 0 Å². The van der Waals surface area contributed by atoms with Gasteiger partial charge in [-0.2, -0.15) is 0 Å². The molecule has 1 N–H and O–H groups in total. The van der Waals surface area contributed by atoms with Gasteiger partial charge in [-0.15, -0.1) is 0 Å². The van der Waals surface area contributed by atoms with Gasteiger partial charge in [0.05, 0.1) is 0 Å². The molecule has 1 aliphatic rings. The standard InChI is InChI=1S/C13H20N2/c1-10-7-8-12(9-13(10)15(2)3)14-11-5-4-6-11/h7-9,11,14H,4-6H2,1-3H3. The van der Waals surface area contributed by atoms with E-state index < -0.39 is 0 Å². The molecule has 0 aromatic heterocycles. The minimum Gasteiger partial charge on any atom is -0.382 e. The molecule has 0 radical (unpaired) electrons. The summed E-state index contributed by atoms with van der Waals surface area (Å²) < 4.78 is 0. The van der Waals surface area contributed by atoms with Crippen molar-refractivity contribution in [1.82, 2.24) is 0 Å². The molecule has 0 spiro atoms. The highest BCUT2D eigenvalue weighted by Gasteiger charge is 2.16. The first kappa shape index (κ1) is 10.3. The Kier molecular flexibility index (Phi) is 2.85. The zero-order valence-corrected chi connectivity index (χ0v) is 9.88. The lowest BCUT2D eigenvalue weighted by Crippen LogP contribution is -2.27. The molecule has 1 aromatic rings. The SMILES string of the molecule is Cc1ccc(NC2CCC2)cc1N(C)C. The van der Waals surface area contributed by atoms with E-state index in [4.69, 9.17) is 0 Å². The van der Waals surface area contributed by atoms with Crippen LogP contribution in [0.4, 0.5) is 11.4 Å². The van der Waals surface area contributed by atoms with E-state index in [1.54, 1.807) is 0 Å². The summed E-state index contributed by atoms with van der Waals surface area (Å²) in [5.74, 6) is 0. The molecule has 0 heterocycles. The summed E-state index contributed by atoms with van der Waals surface area (Å²) in [5.41, 5.74) is 3.90. The van der Waals surface area contributed by atoms with Crippen molar-refractivity contribution in [2.24, 2.45) is 0 Å². The highest BCUT2D eigenvalue weighted by Crippen LogP contribution is 2.27. The van der Waals surface area contributed by atoms with Crippen LogP contribution in [0, 0.1) is 6.92 Å². The summed E-state index contributed by atoms with van der Waals surface area (Å²) in [6, 6.07) is 7.33. The van der Waals surface area contributed by atoms with Gasteiger partial charge in [-0.05, 0) is 43.9 Å². The first-order valence-electron chi connectivity index (χ1n) is 5.71. The van der Waals surface area contributed by atoms with Crippen LogP contribution in [-0.2, 0) is 0 Å². The predicted molar refractivity (Wildman–Crippen MR) is 66.8 cm³/mol. The van der Waals surface area contributed by atoms with Crippen LogP contribution in [0.2, 0.25) is 0 Å². The molecule has 82 valence electrons. The molecule has 2 heteroatoms. The van der Waals surface area contributed by atoms with Crippen LogP contribution >= 0.6 is 0 Å². The fourth-order valence-corrected chi connectivity index (χ4v) is 1.97. The topological polar surface area (TPSA) is 15.3 Å². The normalized spacial score (nSPS) is 15.9. The molecule has 1 fully saturated rings. The molecule has 2 nitrogen and oxygen atoms in total. The van der Waals surface area contributed by atoms with E-state index in [2.05, 4.69) is 49.4 Å². The number of nitrogens with one attached hydrogen (secondary N) is 1. The summed E-state index contributed by atoms with van der Waals surface area (Å²) in [6.45, 7) is 2.16. The van der Waals surface area contributed by atoms with Crippen LogP contribution in [0.15, 0.2) is 18.2 Å². The van der Waals surface area contributed by atoms with Gasteiger partial charge >= 0.3 is 0 Å². The van der Waals surface area contributed by atoms with Gasteiger partial charge in [0.2, 0.25) is 0 Å². The van der Waals surface area contributed by atoms with Gasteiger partial charge in [-0.1, -0.05) is 6.07 Å². The molecule has 1 aliphatic carbocycles. The molecule has 1 saturated carbocycles. The second kappa shape index (κ2) is 4.13. The van der Waals surface area contributed by atoms with E-state index >= 15 is 0 Å². The first-order chi connectivity index (χ1) is 7.16. The number of benzene rings is 1. The van der Waals surface area contributed by atoms with Gasteiger partial charge in [-0.25, -0.2) is 0 Å². The van der Waals surface area contributed by atoms with E-state index in [0.717, 1.165) is 0 Å². The van der Waals surface area contributed by atoms with E-state index in [1.165, 1.54) is 36.2 Å². The molecule has 0 unspecified atom stereocenters. The fraction of sp³-hybridized carbons (Fsp3) is 0.538. The zero-order chi connectivity index (χ0) is 10.8. The third-order valence-corrected chi connectivity index (χ3v) is 3.17. The van der Waals surface area contributed by atoms with Crippen LogP contribution in [0.1, 0.15) is 24.8 Å².